The number of imidazole rings is 1. The zero-order chi connectivity index (χ0) is 28.0. The van der Waals surface area contributed by atoms with Crippen LogP contribution in [0.25, 0.3) is 22.3 Å². The summed E-state index contributed by atoms with van der Waals surface area (Å²) >= 11 is 0. The first-order valence-electron chi connectivity index (χ1n) is 13.2. The standard InChI is InChI=1S/C28H27F4N7O/c1-16(38-8-10-39(11-9-38)27(40)17-2-3-17)18-6-7-33-19(12-18)13-24-36-21-5-4-20(25(29)26(21)37-24)22-14-23(28(30,31)32)35-15-34-22/h4-7,12,14-17H,2-3,8-11,13H2,1H3,(H,36,37). The van der Waals surface area contributed by atoms with E-state index in [9.17, 15) is 18.0 Å². The molecule has 1 atom stereocenters. The van der Waals surface area contributed by atoms with Gasteiger partial charge in [-0.05, 0) is 55.7 Å². The fraction of sp³-hybridized carbons (Fsp3) is 0.393. The number of H-pyrrole nitrogens is 1. The zero-order valence-corrected chi connectivity index (χ0v) is 21.7. The van der Waals surface area contributed by atoms with Crippen molar-refractivity contribution in [3.63, 3.8) is 0 Å². The number of benzene rings is 1. The van der Waals surface area contributed by atoms with Crippen LogP contribution in [0.3, 0.4) is 0 Å². The van der Waals surface area contributed by atoms with E-state index in [0.717, 1.165) is 62.7 Å². The van der Waals surface area contributed by atoms with Gasteiger partial charge in [0.05, 0.1) is 11.2 Å². The van der Waals surface area contributed by atoms with Gasteiger partial charge in [0.15, 0.2) is 5.82 Å². The van der Waals surface area contributed by atoms with Crippen molar-refractivity contribution in [2.24, 2.45) is 5.92 Å². The Kier molecular flexibility index (Phi) is 6.73. The number of piperazine rings is 1. The number of halogens is 4. The summed E-state index contributed by atoms with van der Waals surface area (Å²) in [6.45, 7) is 5.21. The second-order valence-corrected chi connectivity index (χ2v) is 10.4. The van der Waals surface area contributed by atoms with Gasteiger partial charge in [-0.3, -0.25) is 14.7 Å². The first-order valence-corrected chi connectivity index (χ1v) is 13.2. The highest BCUT2D eigenvalue weighted by Gasteiger charge is 2.35. The first kappa shape index (κ1) is 26.3. The van der Waals surface area contributed by atoms with Crippen LogP contribution in [0.5, 0.6) is 0 Å². The third kappa shape index (κ3) is 5.27. The quantitative estimate of drug-likeness (QED) is 0.346. The number of nitrogens with one attached hydrogen (secondary N) is 1. The molecule has 0 spiro atoms. The number of hydrogen-bond donors (Lipinski definition) is 1. The maximum absolute atomic E-state index is 15.4. The average molecular weight is 554 g/mol. The predicted octanol–water partition coefficient (Wildman–Crippen LogP) is 4.78. The number of amides is 1. The van der Waals surface area contributed by atoms with Gasteiger partial charge in [-0.25, -0.2) is 19.3 Å². The van der Waals surface area contributed by atoms with Gasteiger partial charge in [0.25, 0.3) is 0 Å². The Morgan fingerprint density at radius 2 is 1.85 bits per heavy atom. The highest BCUT2D eigenvalue weighted by Crippen LogP contribution is 2.33. The topological polar surface area (TPSA) is 90.9 Å². The molecule has 1 N–H and O–H groups in total. The van der Waals surface area contributed by atoms with Crippen LogP contribution in [-0.2, 0) is 17.4 Å². The van der Waals surface area contributed by atoms with Crippen LogP contribution < -0.4 is 0 Å². The SMILES string of the molecule is CC(c1ccnc(Cc2nc3c(F)c(-c4cc(C(F)(F)F)ncn4)ccc3[nH]2)c1)N1CCN(C(=O)C2CC2)CC1. The molecule has 208 valence electrons. The van der Waals surface area contributed by atoms with Crippen LogP contribution in [-0.4, -0.2) is 66.8 Å². The van der Waals surface area contributed by atoms with Crippen molar-refractivity contribution < 1.29 is 22.4 Å². The number of rotatable bonds is 6. The molecule has 1 unspecified atom stereocenters. The molecule has 4 aromatic rings. The largest absolute Gasteiger partial charge is 0.433 e. The number of alkyl halides is 3. The molecule has 1 aromatic carbocycles. The molecule has 1 saturated heterocycles. The van der Waals surface area contributed by atoms with Crippen molar-refractivity contribution in [3.8, 4) is 11.3 Å². The van der Waals surface area contributed by atoms with Crippen molar-refractivity contribution in [1.82, 2.24) is 34.7 Å². The molecule has 1 amide bonds. The molecular weight excluding hydrogens is 526 g/mol. The van der Waals surface area contributed by atoms with Crippen molar-refractivity contribution in [1.29, 1.82) is 0 Å². The summed E-state index contributed by atoms with van der Waals surface area (Å²) in [6, 6.07) is 7.77. The third-order valence-electron chi connectivity index (χ3n) is 7.65. The minimum Gasteiger partial charge on any atom is -0.342 e. The summed E-state index contributed by atoms with van der Waals surface area (Å²) in [5.41, 5.74) is 0.859. The molecule has 3 aromatic heterocycles. The van der Waals surface area contributed by atoms with Crippen LogP contribution in [0.2, 0.25) is 0 Å². The number of fused-ring (bicyclic) bond motifs is 1. The van der Waals surface area contributed by atoms with Gasteiger partial charge in [-0.1, -0.05) is 0 Å². The van der Waals surface area contributed by atoms with Gasteiger partial charge in [0.2, 0.25) is 5.91 Å². The molecule has 4 heterocycles. The summed E-state index contributed by atoms with van der Waals surface area (Å²) in [7, 11) is 0. The van der Waals surface area contributed by atoms with E-state index in [2.05, 4.69) is 36.7 Å². The van der Waals surface area contributed by atoms with E-state index in [0.29, 0.717) is 17.8 Å². The number of carbonyl (C=O) groups excluding carboxylic acids is 1. The zero-order valence-electron chi connectivity index (χ0n) is 21.7. The lowest BCUT2D eigenvalue weighted by Gasteiger charge is -2.38. The molecule has 8 nitrogen and oxygen atoms in total. The lowest BCUT2D eigenvalue weighted by molar-refractivity contribution is -0.141. The number of nitrogens with zero attached hydrogens (tertiary/aromatic N) is 6. The smallest absolute Gasteiger partial charge is 0.342 e. The van der Waals surface area contributed by atoms with Crippen molar-refractivity contribution >= 4 is 16.9 Å². The van der Waals surface area contributed by atoms with E-state index in [4.69, 9.17) is 0 Å². The molecule has 12 heteroatoms. The number of hydrogen-bond acceptors (Lipinski definition) is 6. The Morgan fingerprint density at radius 3 is 2.58 bits per heavy atom. The molecule has 0 bridgehead atoms. The summed E-state index contributed by atoms with van der Waals surface area (Å²) in [6.07, 6.45) is 0.186. The van der Waals surface area contributed by atoms with Crippen LogP contribution in [0.4, 0.5) is 17.6 Å². The Hall–Kier alpha value is -3.93. The minimum absolute atomic E-state index is 0.0165. The monoisotopic (exact) mass is 553 g/mol. The lowest BCUT2D eigenvalue weighted by atomic mass is 10.1. The van der Waals surface area contributed by atoms with Gasteiger partial charge in [-0.2, -0.15) is 13.2 Å². The summed E-state index contributed by atoms with van der Waals surface area (Å²) in [5.74, 6) is 0.242. The minimum atomic E-state index is -4.67. The van der Waals surface area contributed by atoms with E-state index in [1.54, 1.807) is 12.3 Å². The van der Waals surface area contributed by atoms with Crippen LogP contribution in [0, 0.1) is 11.7 Å². The molecule has 1 saturated carbocycles. The molecule has 1 aliphatic carbocycles. The normalized spacial score (nSPS) is 17.4. The molecular formula is C28H27F4N7O. The highest BCUT2D eigenvalue weighted by atomic mass is 19.4. The van der Waals surface area contributed by atoms with Gasteiger partial charge >= 0.3 is 6.18 Å². The van der Waals surface area contributed by atoms with E-state index in [-0.39, 0.29) is 34.6 Å². The molecule has 1 aliphatic heterocycles. The first-order chi connectivity index (χ1) is 19.2. The molecule has 2 aliphatic rings. The number of aromatic nitrogens is 5. The fourth-order valence-corrected chi connectivity index (χ4v) is 5.19. The maximum atomic E-state index is 15.4. The van der Waals surface area contributed by atoms with E-state index < -0.39 is 17.7 Å². The number of aromatic amines is 1. The Balaban J connectivity index is 1.17. The predicted molar refractivity (Wildman–Crippen MR) is 138 cm³/mol. The maximum Gasteiger partial charge on any atom is 0.433 e. The van der Waals surface area contributed by atoms with Gasteiger partial charge in [0.1, 0.15) is 23.4 Å². The number of carbonyl (C=O) groups is 1. The molecule has 0 radical (unpaired) electrons. The van der Waals surface area contributed by atoms with Gasteiger partial charge in [-0.15, -0.1) is 0 Å². The second kappa shape index (κ2) is 10.2. The van der Waals surface area contributed by atoms with Crippen LogP contribution >= 0.6 is 0 Å². The van der Waals surface area contributed by atoms with E-state index in [1.165, 1.54) is 6.07 Å². The average Bonchev–Trinajstić information content (AvgIpc) is 3.72. The Labute approximate surface area is 227 Å². The fourth-order valence-electron chi connectivity index (χ4n) is 5.19. The van der Waals surface area contributed by atoms with Gasteiger partial charge < -0.3 is 9.88 Å². The summed E-state index contributed by atoms with van der Waals surface area (Å²) in [5, 5.41) is 0. The summed E-state index contributed by atoms with van der Waals surface area (Å²) < 4.78 is 54.6. The molecule has 40 heavy (non-hydrogen) atoms. The van der Waals surface area contributed by atoms with Crippen LogP contribution in [0.1, 0.15) is 48.6 Å². The van der Waals surface area contributed by atoms with Gasteiger partial charge in [0, 0.05) is 62.0 Å². The van der Waals surface area contributed by atoms with E-state index in [1.807, 2.05) is 17.0 Å². The van der Waals surface area contributed by atoms with Crippen molar-refractivity contribution in [2.45, 2.75) is 38.4 Å². The van der Waals surface area contributed by atoms with Crippen LogP contribution in [0.15, 0.2) is 42.9 Å². The summed E-state index contributed by atoms with van der Waals surface area (Å²) in [4.78, 5) is 35.7. The van der Waals surface area contributed by atoms with Crippen molar-refractivity contribution in [2.75, 3.05) is 26.2 Å². The Morgan fingerprint density at radius 1 is 1.07 bits per heavy atom. The second-order valence-electron chi connectivity index (χ2n) is 10.4. The number of pyridine rings is 1. The van der Waals surface area contributed by atoms with Crippen molar-refractivity contribution in [3.05, 3.63) is 71.4 Å². The Bertz CT molecular complexity index is 1560. The molecule has 6 rings (SSSR count). The van der Waals surface area contributed by atoms with E-state index >= 15 is 4.39 Å². The highest BCUT2D eigenvalue weighted by molar-refractivity contribution is 5.82. The third-order valence-corrected chi connectivity index (χ3v) is 7.65. The molecule has 2 fully saturated rings. The lowest BCUT2D eigenvalue weighted by Crippen LogP contribution is -2.49.